The summed E-state index contributed by atoms with van der Waals surface area (Å²) in [5.74, 6) is 0.0710. The van der Waals surface area contributed by atoms with Crippen LogP contribution in [0, 0.1) is 11.3 Å². The minimum Gasteiger partial charge on any atom is -0.495 e. The minimum absolute atomic E-state index is 0.417. The average molecular weight is 241 g/mol. The third-order valence-electron chi connectivity index (χ3n) is 2.76. The van der Waals surface area contributed by atoms with Crippen molar-refractivity contribution in [3.8, 4) is 11.8 Å². The zero-order valence-corrected chi connectivity index (χ0v) is 10.1. The molecule has 0 aromatic heterocycles. The van der Waals surface area contributed by atoms with Crippen LogP contribution < -0.4 is 4.74 Å². The Morgan fingerprint density at radius 3 is 2.56 bits per heavy atom. The Hall–Kier alpha value is -2.54. The first kappa shape index (κ1) is 11.9. The summed E-state index contributed by atoms with van der Waals surface area (Å²) >= 11 is 0. The first-order chi connectivity index (χ1) is 8.72. The molecule has 4 heteroatoms. The predicted octanol–water partition coefficient (Wildman–Crippen LogP) is 2.51. The number of methoxy groups -OCH3 is 2. The molecule has 0 unspecified atom stereocenters. The topological polar surface area (TPSA) is 59.3 Å². The maximum atomic E-state index is 11.6. The number of nitriles is 1. The van der Waals surface area contributed by atoms with Gasteiger partial charge in [-0.1, -0.05) is 12.1 Å². The monoisotopic (exact) mass is 241 g/mol. The summed E-state index contributed by atoms with van der Waals surface area (Å²) in [5, 5.41) is 10.6. The van der Waals surface area contributed by atoms with Crippen molar-refractivity contribution in [2.24, 2.45) is 0 Å². The van der Waals surface area contributed by atoms with E-state index in [1.165, 1.54) is 14.2 Å². The highest BCUT2D eigenvalue weighted by Gasteiger charge is 2.14. The molecule has 0 aliphatic rings. The Bertz CT molecular complexity index is 656. The van der Waals surface area contributed by atoms with Crippen LogP contribution in [-0.2, 0) is 4.74 Å². The number of benzene rings is 2. The molecule has 0 aliphatic carbocycles. The first-order valence-corrected chi connectivity index (χ1v) is 5.31. The van der Waals surface area contributed by atoms with Crippen LogP contribution in [0.15, 0.2) is 30.3 Å². The molecular formula is C14H11NO3. The molecule has 0 saturated heterocycles. The van der Waals surface area contributed by atoms with E-state index in [0.29, 0.717) is 27.6 Å². The fourth-order valence-electron chi connectivity index (χ4n) is 1.91. The van der Waals surface area contributed by atoms with Crippen LogP contribution in [0.5, 0.6) is 5.75 Å². The van der Waals surface area contributed by atoms with Crippen molar-refractivity contribution in [2.45, 2.75) is 0 Å². The summed E-state index contributed by atoms with van der Waals surface area (Å²) in [5.41, 5.74) is 0.856. The van der Waals surface area contributed by atoms with Crippen molar-refractivity contribution in [1.82, 2.24) is 0 Å². The van der Waals surface area contributed by atoms with E-state index in [0.717, 1.165) is 0 Å². The normalized spacial score (nSPS) is 9.83. The van der Waals surface area contributed by atoms with Crippen LogP contribution in [0.1, 0.15) is 15.9 Å². The summed E-state index contributed by atoms with van der Waals surface area (Å²) in [6.45, 7) is 0. The number of fused-ring (bicyclic) bond motifs is 1. The van der Waals surface area contributed by atoms with Crippen LogP contribution in [-0.4, -0.2) is 20.2 Å². The largest absolute Gasteiger partial charge is 0.495 e. The third kappa shape index (κ3) is 1.76. The molecule has 0 radical (unpaired) electrons. The van der Waals surface area contributed by atoms with E-state index >= 15 is 0 Å². The van der Waals surface area contributed by atoms with Gasteiger partial charge in [0.2, 0.25) is 0 Å². The summed E-state index contributed by atoms with van der Waals surface area (Å²) < 4.78 is 9.85. The van der Waals surface area contributed by atoms with Crippen LogP contribution in [0.3, 0.4) is 0 Å². The standard InChI is InChI=1S/C14H11NO3/c1-17-13-7-6-10-9(12(13)8-15)4-3-5-11(10)14(16)18-2/h3-7H,1-2H3. The summed E-state index contributed by atoms with van der Waals surface area (Å²) in [6.07, 6.45) is 0. The van der Waals surface area contributed by atoms with E-state index < -0.39 is 5.97 Å². The highest BCUT2D eigenvalue weighted by Crippen LogP contribution is 2.29. The Kier molecular flexibility index (Phi) is 3.16. The Morgan fingerprint density at radius 2 is 1.94 bits per heavy atom. The van der Waals surface area contributed by atoms with E-state index in [2.05, 4.69) is 6.07 Å². The number of nitrogens with zero attached hydrogens (tertiary/aromatic N) is 1. The van der Waals surface area contributed by atoms with E-state index in [-0.39, 0.29) is 0 Å². The molecule has 0 saturated carbocycles. The molecule has 2 aromatic rings. The van der Waals surface area contributed by atoms with Crippen LogP contribution in [0.25, 0.3) is 10.8 Å². The predicted molar refractivity (Wildman–Crippen MR) is 66.6 cm³/mol. The maximum absolute atomic E-state index is 11.6. The summed E-state index contributed by atoms with van der Waals surface area (Å²) in [6, 6.07) is 10.7. The molecule has 90 valence electrons. The van der Waals surface area contributed by atoms with E-state index in [9.17, 15) is 10.1 Å². The van der Waals surface area contributed by atoms with Gasteiger partial charge in [-0.05, 0) is 23.6 Å². The number of hydrogen-bond acceptors (Lipinski definition) is 4. The lowest BCUT2D eigenvalue weighted by Gasteiger charge is -2.09. The van der Waals surface area contributed by atoms with E-state index in [1.807, 2.05) is 0 Å². The molecule has 4 nitrogen and oxygen atoms in total. The van der Waals surface area contributed by atoms with Gasteiger partial charge in [0.25, 0.3) is 0 Å². The number of carbonyl (C=O) groups excluding carboxylic acids is 1. The van der Waals surface area contributed by atoms with Gasteiger partial charge in [-0.3, -0.25) is 0 Å². The molecule has 0 aliphatic heterocycles. The Balaban J connectivity index is 2.82. The number of esters is 1. The van der Waals surface area contributed by atoms with Gasteiger partial charge >= 0.3 is 5.97 Å². The van der Waals surface area contributed by atoms with Crippen LogP contribution >= 0.6 is 0 Å². The van der Waals surface area contributed by atoms with Gasteiger partial charge in [-0.2, -0.15) is 5.26 Å². The van der Waals surface area contributed by atoms with E-state index in [4.69, 9.17) is 9.47 Å². The zero-order valence-electron chi connectivity index (χ0n) is 10.1. The van der Waals surface area contributed by atoms with Gasteiger partial charge in [0, 0.05) is 5.39 Å². The lowest BCUT2D eigenvalue weighted by atomic mass is 10.00. The SMILES string of the molecule is COC(=O)c1cccc2c(C#N)c(OC)ccc12. The van der Waals surface area contributed by atoms with Gasteiger partial charge in [-0.15, -0.1) is 0 Å². The van der Waals surface area contributed by atoms with E-state index in [1.54, 1.807) is 30.3 Å². The number of carbonyl (C=O) groups is 1. The Morgan fingerprint density at radius 1 is 1.17 bits per heavy atom. The highest BCUT2D eigenvalue weighted by atomic mass is 16.5. The summed E-state index contributed by atoms with van der Waals surface area (Å²) in [7, 11) is 2.84. The van der Waals surface area contributed by atoms with Crippen molar-refractivity contribution < 1.29 is 14.3 Å². The molecule has 2 aromatic carbocycles. The third-order valence-corrected chi connectivity index (χ3v) is 2.76. The molecular weight excluding hydrogens is 230 g/mol. The molecule has 0 atom stereocenters. The quantitative estimate of drug-likeness (QED) is 0.758. The molecule has 2 rings (SSSR count). The Labute approximate surface area is 104 Å². The lowest BCUT2D eigenvalue weighted by Crippen LogP contribution is -2.02. The molecule has 0 fully saturated rings. The fraction of sp³-hybridized carbons (Fsp3) is 0.143. The second kappa shape index (κ2) is 4.76. The summed E-state index contributed by atoms with van der Waals surface area (Å²) in [4.78, 5) is 11.6. The van der Waals surface area contributed by atoms with Crippen molar-refractivity contribution in [3.63, 3.8) is 0 Å². The average Bonchev–Trinajstić information content (AvgIpc) is 2.44. The second-order valence-corrected chi connectivity index (χ2v) is 3.65. The number of ether oxygens (including phenoxy) is 2. The number of hydrogen-bond donors (Lipinski definition) is 0. The minimum atomic E-state index is -0.422. The maximum Gasteiger partial charge on any atom is 0.338 e. The molecule has 0 bridgehead atoms. The molecule has 0 N–H and O–H groups in total. The first-order valence-electron chi connectivity index (χ1n) is 5.31. The zero-order chi connectivity index (χ0) is 13.1. The highest BCUT2D eigenvalue weighted by molar-refractivity contribution is 6.06. The molecule has 0 amide bonds. The fourth-order valence-corrected chi connectivity index (χ4v) is 1.91. The molecule has 0 spiro atoms. The van der Waals surface area contributed by atoms with Gasteiger partial charge in [0.1, 0.15) is 17.4 Å². The number of rotatable bonds is 2. The van der Waals surface area contributed by atoms with Gasteiger partial charge in [-0.25, -0.2) is 4.79 Å². The van der Waals surface area contributed by atoms with Gasteiger partial charge in [0.05, 0.1) is 19.8 Å². The van der Waals surface area contributed by atoms with Crippen molar-refractivity contribution in [3.05, 3.63) is 41.5 Å². The molecule has 0 heterocycles. The van der Waals surface area contributed by atoms with Gasteiger partial charge in [0.15, 0.2) is 0 Å². The van der Waals surface area contributed by atoms with Crippen LogP contribution in [0.4, 0.5) is 0 Å². The lowest BCUT2D eigenvalue weighted by molar-refractivity contribution is 0.0603. The van der Waals surface area contributed by atoms with Crippen molar-refractivity contribution >= 4 is 16.7 Å². The van der Waals surface area contributed by atoms with Crippen LogP contribution in [0.2, 0.25) is 0 Å². The van der Waals surface area contributed by atoms with Crippen molar-refractivity contribution in [2.75, 3.05) is 14.2 Å². The van der Waals surface area contributed by atoms with Gasteiger partial charge < -0.3 is 9.47 Å². The van der Waals surface area contributed by atoms with Crippen molar-refractivity contribution in [1.29, 1.82) is 5.26 Å². The molecule has 18 heavy (non-hydrogen) atoms. The smallest absolute Gasteiger partial charge is 0.338 e. The second-order valence-electron chi connectivity index (χ2n) is 3.65.